The van der Waals surface area contributed by atoms with E-state index in [1.165, 1.54) is 14.2 Å². The van der Waals surface area contributed by atoms with Crippen LogP contribution in [-0.4, -0.2) is 31.8 Å². The summed E-state index contributed by atoms with van der Waals surface area (Å²) >= 11 is 0. The molecule has 162 valence electrons. The van der Waals surface area contributed by atoms with Crippen molar-refractivity contribution >= 4 is 11.9 Å². The molecule has 0 amide bonds. The summed E-state index contributed by atoms with van der Waals surface area (Å²) in [4.78, 5) is 25.0. The summed E-state index contributed by atoms with van der Waals surface area (Å²) in [7, 11) is 2.52. The van der Waals surface area contributed by atoms with Gasteiger partial charge in [-0.25, -0.2) is 0 Å². The fourth-order valence-electron chi connectivity index (χ4n) is 2.73. The molecule has 0 atom stereocenters. The number of carbonyl (C=O) groups excluding carboxylic acids is 2. The first kappa shape index (κ1) is 25.2. The topological polar surface area (TPSA) is 61.8 Å². The van der Waals surface area contributed by atoms with Gasteiger partial charge in [-0.05, 0) is 51.3 Å². The molecule has 0 saturated carbocycles. The van der Waals surface area contributed by atoms with E-state index in [4.69, 9.17) is 14.2 Å². The van der Waals surface area contributed by atoms with Gasteiger partial charge in [-0.15, -0.1) is 5.73 Å². The summed E-state index contributed by atoms with van der Waals surface area (Å²) in [5.74, 6) is -1.28. The van der Waals surface area contributed by atoms with Crippen LogP contribution in [0.15, 0.2) is 72.5 Å². The summed E-state index contributed by atoms with van der Waals surface area (Å²) < 4.78 is 15.8. The molecule has 0 fully saturated rings. The highest BCUT2D eigenvalue weighted by molar-refractivity contribution is 6.00. The van der Waals surface area contributed by atoms with Crippen molar-refractivity contribution in [3.63, 3.8) is 0 Å². The largest absolute Gasteiger partial charge is 0.468 e. The Labute approximate surface area is 179 Å². The first-order chi connectivity index (χ1) is 14.3. The molecule has 5 heteroatoms. The summed E-state index contributed by atoms with van der Waals surface area (Å²) in [6, 6.07) is 9.88. The molecule has 5 nitrogen and oxygen atoms in total. The highest BCUT2D eigenvalue weighted by Crippen LogP contribution is 2.31. The van der Waals surface area contributed by atoms with Crippen LogP contribution in [0.4, 0.5) is 0 Å². The summed E-state index contributed by atoms with van der Waals surface area (Å²) in [6.45, 7) is 6.19. The van der Waals surface area contributed by atoms with Gasteiger partial charge in [0.25, 0.3) is 0 Å². The Bertz CT molecular complexity index is 780. The summed E-state index contributed by atoms with van der Waals surface area (Å²) in [5.41, 5.74) is 2.09. The van der Waals surface area contributed by atoms with E-state index < -0.39 is 23.0 Å². The molecule has 0 N–H and O–H groups in total. The van der Waals surface area contributed by atoms with Crippen LogP contribution < -0.4 is 0 Å². The number of hydrogen-bond donors (Lipinski definition) is 0. The third kappa shape index (κ3) is 7.86. The molecule has 1 aromatic carbocycles. The SMILES string of the molecule is C/C=C/C=C/CC(CC=C=CC(C)(C)OCc1ccccc1)(C(=O)OC)C(=O)OC. The van der Waals surface area contributed by atoms with Crippen LogP contribution in [-0.2, 0) is 30.4 Å². The van der Waals surface area contributed by atoms with Gasteiger partial charge in [0.05, 0.1) is 26.4 Å². The highest BCUT2D eigenvalue weighted by atomic mass is 16.5. The lowest BCUT2D eigenvalue weighted by atomic mass is 9.80. The zero-order valence-electron chi connectivity index (χ0n) is 18.5. The molecule has 0 radical (unpaired) electrons. The van der Waals surface area contributed by atoms with Gasteiger partial charge in [0.1, 0.15) is 0 Å². The monoisotopic (exact) mass is 412 g/mol. The number of benzene rings is 1. The zero-order valence-corrected chi connectivity index (χ0v) is 18.5. The second-order valence-corrected chi connectivity index (χ2v) is 7.32. The van der Waals surface area contributed by atoms with Crippen molar-refractivity contribution in [2.45, 2.75) is 45.8 Å². The lowest BCUT2D eigenvalue weighted by Crippen LogP contribution is -2.40. The molecule has 0 aliphatic carbocycles. The fourth-order valence-corrected chi connectivity index (χ4v) is 2.73. The minimum absolute atomic E-state index is 0.0950. The maximum atomic E-state index is 12.5. The average Bonchev–Trinajstić information content (AvgIpc) is 2.76. The van der Waals surface area contributed by atoms with E-state index in [0.29, 0.717) is 6.61 Å². The van der Waals surface area contributed by atoms with E-state index in [1.807, 2.05) is 63.3 Å². The Morgan fingerprint density at radius 2 is 1.63 bits per heavy atom. The van der Waals surface area contributed by atoms with E-state index in [1.54, 1.807) is 24.3 Å². The minimum Gasteiger partial charge on any atom is -0.468 e. The number of rotatable bonds is 11. The molecule has 0 saturated heterocycles. The predicted molar refractivity (Wildman–Crippen MR) is 118 cm³/mol. The molecule has 1 aromatic rings. The Balaban J connectivity index is 2.97. The van der Waals surface area contributed by atoms with Crippen LogP contribution in [0, 0.1) is 5.41 Å². The van der Waals surface area contributed by atoms with Crippen molar-refractivity contribution in [2.75, 3.05) is 14.2 Å². The molecular weight excluding hydrogens is 380 g/mol. The van der Waals surface area contributed by atoms with Crippen molar-refractivity contribution in [1.82, 2.24) is 0 Å². The zero-order chi connectivity index (χ0) is 22.5. The van der Waals surface area contributed by atoms with Gasteiger partial charge >= 0.3 is 11.9 Å². The van der Waals surface area contributed by atoms with E-state index in [-0.39, 0.29) is 12.8 Å². The molecule has 0 aromatic heterocycles. The van der Waals surface area contributed by atoms with Crippen LogP contribution >= 0.6 is 0 Å². The maximum Gasteiger partial charge on any atom is 0.323 e. The van der Waals surface area contributed by atoms with Gasteiger partial charge in [-0.3, -0.25) is 9.59 Å². The highest BCUT2D eigenvalue weighted by Gasteiger charge is 2.46. The van der Waals surface area contributed by atoms with Crippen molar-refractivity contribution in [3.05, 3.63) is 78.1 Å². The first-order valence-electron chi connectivity index (χ1n) is 9.86. The molecule has 0 unspecified atom stereocenters. The number of allylic oxidation sites excluding steroid dienone is 4. The molecule has 0 heterocycles. The molecule has 0 spiro atoms. The smallest absolute Gasteiger partial charge is 0.323 e. The second kappa shape index (κ2) is 12.6. The number of hydrogen-bond acceptors (Lipinski definition) is 5. The van der Waals surface area contributed by atoms with Gasteiger partial charge in [-0.2, -0.15) is 0 Å². The quantitative estimate of drug-likeness (QED) is 0.223. The standard InChI is InChI=1S/C25H32O5/c1-6-7-8-12-18-25(22(26)28-4,23(27)29-5)19-14-13-17-24(2,3)30-20-21-15-10-9-11-16-21/h6-12,14-17H,18-20H2,1-5H3/b7-6+,12-8+. The van der Waals surface area contributed by atoms with E-state index in [0.717, 1.165) is 5.56 Å². The van der Waals surface area contributed by atoms with Crippen LogP contribution in [0.2, 0.25) is 0 Å². The third-order valence-electron chi connectivity index (χ3n) is 4.51. The van der Waals surface area contributed by atoms with Crippen LogP contribution in [0.25, 0.3) is 0 Å². The lowest BCUT2D eigenvalue weighted by Gasteiger charge is -2.25. The molecule has 0 bridgehead atoms. The minimum atomic E-state index is -1.46. The second-order valence-electron chi connectivity index (χ2n) is 7.32. The van der Waals surface area contributed by atoms with E-state index in [2.05, 4.69) is 5.73 Å². The Morgan fingerprint density at radius 1 is 1.00 bits per heavy atom. The van der Waals surface area contributed by atoms with Crippen LogP contribution in [0.5, 0.6) is 0 Å². The fraction of sp³-hybridized carbons (Fsp3) is 0.400. The van der Waals surface area contributed by atoms with Gasteiger partial charge in [-0.1, -0.05) is 54.6 Å². The number of carbonyl (C=O) groups is 2. The Morgan fingerprint density at radius 3 is 2.20 bits per heavy atom. The van der Waals surface area contributed by atoms with Gasteiger partial charge in [0.15, 0.2) is 5.41 Å². The average molecular weight is 413 g/mol. The van der Waals surface area contributed by atoms with Gasteiger partial charge < -0.3 is 14.2 Å². The molecular formula is C25H32O5. The Kier molecular flexibility index (Phi) is 10.6. The maximum absolute atomic E-state index is 12.5. The van der Waals surface area contributed by atoms with E-state index in [9.17, 15) is 9.59 Å². The number of methoxy groups -OCH3 is 2. The molecule has 30 heavy (non-hydrogen) atoms. The summed E-state index contributed by atoms with van der Waals surface area (Å²) in [6.07, 6.45) is 10.9. The lowest BCUT2D eigenvalue weighted by molar-refractivity contribution is -0.168. The van der Waals surface area contributed by atoms with Gasteiger partial charge in [0.2, 0.25) is 0 Å². The number of ether oxygens (including phenoxy) is 3. The van der Waals surface area contributed by atoms with Crippen molar-refractivity contribution in [3.8, 4) is 0 Å². The van der Waals surface area contributed by atoms with Crippen LogP contribution in [0.1, 0.15) is 39.2 Å². The number of esters is 2. The van der Waals surface area contributed by atoms with Crippen LogP contribution in [0.3, 0.4) is 0 Å². The first-order valence-corrected chi connectivity index (χ1v) is 9.86. The molecule has 0 aliphatic rings. The van der Waals surface area contributed by atoms with E-state index >= 15 is 0 Å². The Hall–Kier alpha value is -2.88. The van der Waals surface area contributed by atoms with Gasteiger partial charge in [0, 0.05) is 0 Å². The third-order valence-corrected chi connectivity index (χ3v) is 4.51. The van der Waals surface area contributed by atoms with Crippen molar-refractivity contribution in [1.29, 1.82) is 0 Å². The predicted octanol–water partition coefficient (Wildman–Crippen LogP) is 4.94. The normalized spacial score (nSPS) is 11.9. The summed E-state index contributed by atoms with van der Waals surface area (Å²) in [5, 5.41) is 0. The van der Waals surface area contributed by atoms with Crippen molar-refractivity contribution < 1.29 is 23.8 Å². The van der Waals surface area contributed by atoms with Crippen molar-refractivity contribution in [2.24, 2.45) is 5.41 Å². The molecule has 0 aliphatic heterocycles. The molecule has 1 rings (SSSR count).